The zero-order valence-corrected chi connectivity index (χ0v) is 21.9. The number of aryl methyl sites for hydroxylation is 1. The van der Waals surface area contributed by atoms with Crippen LogP contribution in [0.3, 0.4) is 0 Å². The molecule has 2 aromatic carbocycles. The molecule has 208 valence electrons. The summed E-state index contributed by atoms with van der Waals surface area (Å²) in [4.78, 5) is 25.3. The summed E-state index contributed by atoms with van der Waals surface area (Å²) in [5, 5.41) is 4.93. The molecule has 2 amide bonds. The van der Waals surface area contributed by atoms with Crippen molar-refractivity contribution in [3.05, 3.63) is 83.9 Å². The van der Waals surface area contributed by atoms with E-state index in [9.17, 15) is 18.0 Å². The normalized spacial score (nSPS) is 11.1. The number of urea groups is 1. The van der Waals surface area contributed by atoms with Crippen LogP contribution in [-0.4, -0.2) is 34.7 Å². The Kier molecular flexibility index (Phi) is 8.67. The summed E-state index contributed by atoms with van der Waals surface area (Å²) >= 11 is 0. The van der Waals surface area contributed by atoms with Crippen LogP contribution in [0.1, 0.15) is 23.7 Å². The second-order valence-corrected chi connectivity index (χ2v) is 8.46. The number of pyridine rings is 1. The molecular weight excluding hydrogens is 527 g/mol. The van der Waals surface area contributed by atoms with E-state index in [-0.39, 0.29) is 18.0 Å². The molecule has 2 aromatic heterocycles. The van der Waals surface area contributed by atoms with Crippen LogP contribution in [0.15, 0.2) is 67.1 Å². The van der Waals surface area contributed by atoms with Crippen molar-refractivity contribution in [2.24, 2.45) is 0 Å². The van der Waals surface area contributed by atoms with Crippen molar-refractivity contribution in [1.82, 2.24) is 15.0 Å². The molecule has 2 heterocycles. The number of hydrogen-bond acceptors (Lipinski definition) is 7. The quantitative estimate of drug-likeness (QED) is 0.244. The Morgan fingerprint density at radius 3 is 2.52 bits per heavy atom. The van der Waals surface area contributed by atoms with Gasteiger partial charge in [-0.3, -0.25) is 4.98 Å². The molecule has 0 fully saturated rings. The highest BCUT2D eigenvalue weighted by atomic mass is 19.4. The Balaban J connectivity index is 1.42. The number of carbonyl (C=O) groups is 1. The monoisotopic (exact) mass is 553 g/mol. The predicted molar refractivity (Wildman–Crippen MR) is 143 cm³/mol. The van der Waals surface area contributed by atoms with Gasteiger partial charge in [0.1, 0.15) is 23.9 Å². The van der Waals surface area contributed by atoms with Crippen LogP contribution >= 0.6 is 0 Å². The fourth-order valence-corrected chi connectivity index (χ4v) is 3.64. The summed E-state index contributed by atoms with van der Waals surface area (Å²) in [6.07, 6.45) is 0.0265. The van der Waals surface area contributed by atoms with Gasteiger partial charge in [0.25, 0.3) is 0 Å². The molecule has 4 aromatic rings. The van der Waals surface area contributed by atoms with E-state index >= 15 is 0 Å². The molecule has 0 radical (unpaired) electrons. The molecule has 0 aliphatic heterocycles. The van der Waals surface area contributed by atoms with E-state index in [4.69, 9.17) is 14.2 Å². The van der Waals surface area contributed by atoms with Gasteiger partial charge in [0.05, 0.1) is 43.1 Å². The van der Waals surface area contributed by atoms with E-state index in [0.29, 0.717) is 40.9 Å². The number of rotatable bonds is 9. The lowest BCUT2D eigenvalue weighted by Crippen LogP contribution is -2.21. The maximum absolute atomic E-state index is 12.9. The van der Waals surface area contributed by atoms with Crippen LogP contribution in [0, 0.1) is 6.92 Å². The SMILES string of the molecule is CCOc1cc(OC)ccc1COc1cncc(-c2ncc(NC(=O)Nc3cccc(C(F)(F)F)c3)c(C)n2)c1. The lowest BCUT2D eigenvalue weighted by atomic mass is 10.2. The fourth-order valence-electron chi connectivity index (χ4n) is 3.64. The number of ether oxygens (including phenoxy) is 3. The van der Waals surface area contributed by atoms with Gasteiger partial charge in [-0.2, -0.15) is 13.2 Å². The van der Waals surface area contributed by atoms with Gasteiger partial charge >= 0.3 is 12.2 Å². The highest BCUT2D eigenvalue weighted by molar-refractivity contribution is 6.00. The van der Waals surface area contributed by atoms with Crippen LogP contribution in [0.2, 0.25) is 0 Å². The first-order valence-electron chi connectivity index (χ1n) is 12.1. The molecule has 0 spiro atoms. The first-order chi connectivity index (χ1) is 19.2. The van der Waals surface area contributed by atoms with Gasteiger partial charge < -0.3 is 24.8 Å². The smallest absolute Gasteiger partial charge is 0.416 e. The second kappa shape index (κ2) is 12.3. The zero-order valence-electron chi connectivity index (χ0n) is 21.9. The molecule has 0 saturated carbocycles. The van der Waals surface area contributed by atoms with Crippen molar-refractivity contribution in [2.75, 3.05) is 24.4 Å². The molecular formula is C28H26F3N5O4. The number of amides is 2. The summed E-state index contributed by atoms with van der Waals surface area (Å²) in [6, 6.07) is 10.8. The fraction of sp³-hybridized carbons (Fsp3) is 0.214. The molecule has 9 nitrogen and oxygen atoms in total. The molecule has 0 aliphatic carbocycles. The van der Waals surface area contributed by atoms with Gasteiger partial charge in [-0.05, 0) is 50.2 Å². The highest BCUT2D eigenvalue weighted by Crippen LogP contribution is 2.31. The second-order valence-electron chi connectivity index (χ2n) is 8.46. The van der Waals surface area contributed by atoms with Crippen molar-refractivity contribution in [3.8, 4) is 28.6 Å². The molecule has 4 rings (SSSR count). The van der Waals surface area contributed by atoms with Crippen molar-refractivity contribution in [3.63, 3.8) is 0 Å². The number of aromatic nitrogens is 3. The average molecular weight is 554 g/mol. The summed E-state index contributed by atoms with van der Waals surface area (Å²) in [7, 11) is 1.58. The molecule has 0 atom stereocenters. The number of alkyl halides is 3. The Morgan fingerprint density at radius 2 is 1.80 bits per heavy atom. The van der Waals surface area contributed by atoms with Gasteiger partial charge in [0.2, 0.25) is 0 Å². The predicted octanol–water partition coefficient (Wildman–Crippen LogP) is 6.50. The van der Waals surface area contributed by atoms with E-state index in [2.05, 4.69) is 25.6 Å². The molecule has 40 heavy (non-hydrogen) atoms. The zero-order chi connectivity index (χ0) is 28.7. The molecule has 0 aliphatic rings. The lowest BCUT2D eigenvalue weighted by molar-refractivity contribution is -0.137. The van der Waals surface area contributed by atoms with Gasteiger partial charge in [-0.15, -0.1) is 0 Å². The van der Waals surface area contributed by atoms with E-state index < -0.39 is 17.8 Å². The Bertz CT molecular complexity index is 1500. The first-order valence-corrected chi connectivity index (χ1v) is 12.1. The summed E-state index contributed by atoms with van der Waals surface area (Å²) < 4.78 is 55.7. The number of benzene rings is 2. The van der Waals surface area contributed by atoms with Gasteiger partial charge in [-0.25, -0.2) is 14.8 Å². The Labute approximate surface area is 228 Å². The molecule has 0 saturated heterocycles. The maximum atomic E-state index is 12.9. The van der Waals surface area contributed by atoms with Gasteiger partial charge in [-0.1, -0.05) is 6.07 Å². The van der Waals surface area contributed by atoms with Crippen molar-refractivity contribution >= 4 is 17.4 Å². The van der Waals surface area contributed by atoms with Crippen molar-refractivity contribution in [1.29, 1.82) is 0 Å². The van der Waals surface area contributed by atoms with E-state index in [0.717, 1.165) is 17.7 Å². The largest absolute Gasteiger partial charge is 0.497 e. The molecule has 0 unspecified atom stereocenters. The third-order valence-corrected chi connectivity index (χ3v) is 5.62. The van der Waals surface area contributed by atoms with Crippen molar-refractivity contribution in [2.45, 2.75) is 26.6 Å². The third-order valence-electron chi connectivity index (χ3n) is 5.62. The van der Waals surface area contributed by atoms with Crippen LogP contribution in [0.5, 0.6) is 17.2 Å². The number of hydrogen-bond donors (Lipinski definition) is 2. The summed E-state index contributed by atoms with van der Waals surface area (Å²) in [5.41, 5.74) is 1.27. The van der Waals surface area contributed by atoms with E-state index in [1.54, 1.807) is 38.6 Å². The topological polar surface area (TPSA) is 107 Å². The van der Waals surface area contributed by atoms with Gasteiger partial charge in [0, 0.05) is 29.1 Å². The van der Waals surface area contributed by atoms with Crippen LogP contribution < -0.4 is 24.8 Å². The number of halogens is 3. The third kappa shape index (κ3) is 7.16. The van der Waals surface area contributed by atoms with Crippen LogP contribution in [0.25, 0.3) is 11.4 Å². The number of anilines is 2. The molecule has 2 N–H and O–H groups in total. The summed E-state index contributed by atoms with van der Waals surface area (Å²) in [5.74, 6) is 2.16. The minimum absolute atomic E-state index is 0.00609. The number of nitrogens with one attached hydrogen (secondary N) is 2. The first kappa shape index (κ1) is 28.1. The molecule has 0 bridgehead atoms. The van der Waals surface area contributed by atoms with Crippen LogP contribution in [0.4, 0.5) is 29.3 Å². The Hall–Kier alpha value is -4.87. The minimum Gasteiger partial charge on any atom is -0.497 e. The van der Waals surface area contributed by atoms with E-state index in [1.807, 2.05) is 19.1 Å². The van der Waals surface area contributed by atoms with Crippen LogP contribution in [-0.2, 0) is 12.8 Å². The van der Waals surface area contributed by atoms with Gasteiger partial charge in [0.15, 0.2) is 5.82 Å². The van der Waals surface area contributed by atoms with E-state index in [1.165, 1.54) is 18.3 Å². The lowest BCUT2D eigenvalue weighted by Gasteiger charge is -2.13. The Morgan fingerprint density at radius 1 is 0.975 bits per heavy atom. The standard InChI is InChI=1S/C28H26F3N5O4/c1-4-39-25-12-22(38-3)9-8-18(25)16-40-23-10-19(13-32-14-23)26-33-15-24(17(2)34-26)36-27(37)35-21-7-5-6-20(11-21)28(29,30)31/h5-15H,4,16H2,1-3H3,(H2,35,36,37). The number of carbonyl (C=O) groups excluding carboxylic acids is 1. The maximum Gasteiger partial charge on any atom is 0.416 e. The number of methoxy groups -OCH3 is 1. The average Bonchev–Trinajstić information content (AvgIpc) is 2.93. The highest BCUT2D eigenvalue weighted by Gasteiger charge is 2.30. The minimum atomic E-state index is -4.52. The van der Waals surface area contributed by atoms with Crippen molar-refractivity contribution < 1.29 is 32.2 Å². The molecule has 12 heteroatoms. The number of nitrogens with zero attached hydrogens (tertiary/aromatic N) is 3. The summed E-state index contributed by atoms with van der Waals surface area (Å²) in [6.45, 7) is 4.28.